The molecule has 2 saturated heterocycles. The van der Waals surface area contributed by atoms with Gasteiger partial charge in [0.2, 0.25) is 17.7 Å². The minimum absolute atomic E-state index is 0.0338. The first-order valence-electron chi connectivity index (χ1n) is 29.3. The molecule has 6 aromatic heterocycles. The topological polar surface area (TPSA) is 212 Å². The van der Waals surface area contributed by atoms with Gasteiger partial charge in [0, 0.05) is 68.3 Å². The van der Waals surface area contributed by atoms with Gasteiger partial charge in [0.05, 0.1) is 55.4 Å². The molecule has 3 fully saturated rings. The van der Waals surface area contributed by atoms with Crippen molar-refractivity contribution in [2.45, 2.75) is 124 Å². The van der Waals surface area contributed by atoms with Gasteiger partial charge in [0.25, 0.3) is 0 Å². The van der Waals surface area contributed by atoms with E-state index in [4.69, 9.17) is 27.3 Å². The van der Waals surface area contributed by atoms with Crippen LogP contribution in [0, 0.1) is 31.3 Å². The monoisotopic (exact) mass is 1220 g/mol. The summed E-state index contributed by atoms with van der Waals surface area (Å²) in [5.74, 6) is -2.47. The third-order valence-electron chi connectivity index (χ3n) is 16.7. The average Bonchev–Trinajstić information content (AvgIpc) is 2.17. The lowest BCUT2D eigenvalue weighted by atomic mass is 10.0. The molecular formula is C66H69ClF3N13O5. The Bertz CT molecular complexity index is 4300. The first kappa shape index (κ1) is 62.0. The molecule has 2 aromatic carbocycles. The molecule has 11 rings (SSSR count). The number of fused-ring (bicyclic) bond motifs is 2. The number of piperazine rings is 2. The zero-order chi connectivity index (χ0) is 63.5. The highest BCUT2D eigenvalue weighted by molar-refractivity contribution is 6.34. The van der Waals surface area contributed by atoms with E-state index in [2.05, 4.69) is 33.1 Å². The summed E-state index contributed by atoms with van der Waals surface area (Å²) in [6.45, 7) is 28.0. The Hall–Kier alpha value is -9.11. The number of nitrogens with two attached hydrogens (primary N) is 1. The number of aromatic nitrogens is 8. The number of aryl methyl sites for hydroxylation is 2. The minimum atomic E-state index is -0.856. The van der Waals surface area contributed by atoms with E-state index < -0.39 is 34.7 Å². The fourth-order valence-corrected chi connectivity index (χ4v) is 12.3. The fraction of sp³-hybridized carbons (Fsp3) is 0.348. The molecular weight excluding hydrogens is 1150 g/mol. The highest BCUT2D eigenvalue weighted by atomic mass is 35.5. The van der Waals surface area contributed by atoms with Gasteiger partial charge in [0.15, 0.2) is 11.3 Å². The number of pyridine rings is 4. The zero-order valence-electron chi connectivity index (χ0n) is 50.8. The molecule has 0 bridgehead atoms. The van der Waals surface area contributed by atoms with Crippen molar-refractivity contribution in [1.82, 2.24) is 48.8 Å². The Balaban J connectivity index is 0.000000194. The van der Waals surface area contributed by atoms with Gasteiger partial charge >= 0.3 is 11.4 Å². The van der Waals surface area contributed by atoms with Crippen molar-refractivity contribution in [2.24, 2.45) is 5.73 Å². The van der Waals surface area contributed by atoms with Crippen LogP contribution in [-0.4, -0.2) is 117 Å². The van der Waals surface area contributed by atoms with Crippen molar-refractivity contribution in [3.63, 3.8) is 0 Å². The van der Waals surface area contributed by atoms with Crippen LogP contribution in [0.25, 0.3) is 56.0 Å². The van der Waals surface area contributed by atoms with Crippen LogP contribution in [0.15, 0.2) is 108 Å². The summed E-state index contributed by atoms with van der Waals surface area (Å²) in [5.41, 5.74) is 9.05. The predicted octanol–water partition coefficient (Wildman–Crippen LogP) is 10.8. The molecule has 22 heteroatoms. The standard InChI is InChI=1S/C34H36F2N6O2.C32H33ClFN7O3/c1-7-28(43)40-16-21(6)41(17-20(40)5)32-25-15-27(36)30(24-14-23(22-8-9-22)10-11-26(24)35)38-33(25)42(34(44)39-32)31-19(4)12-13-37-29(31)18(2)3;1-7-24(42)39-14-19(6)40(15-18(39)5)30-21-13-22(33)27(25-20(29(35)43)9-8-10-23(25)34)37-31(21)41(32(44)38-30)28-17(4)11-12-36-26(28)16(2)3/h7,10-15,18,20-22H,1,8-9,16-17H2,2-6H3;7-13,16,18-19H,1,14-15H2,2-6H3,(H2,35,43). The highest BCUT2D eigenvalue weighted by Gasteiger charge is 2.37. The Labute approximate surface area is 512 Å². The molecule has 3 amide bonds. The molecule has 8 heterocycles. The normalized spacial score (nSPS) is 17.8. The van der Waals surface area contributed by atoms with Crippen LogP contribution in [0.3, 0.4) is 0 Å². The first-order chi connectivity index (χ1) is 41.8. The van der Waals surface area contributed by atoms with E-state index in [9.17, 15) is 24.0 Å². The Kier molecular flexibility index (Phi) is 17.3. The Morgan fingerprint density at radius 2 is 1.11 bits per heavy atom. The lowest BCUT2D eigenvalue weighted by molar-refractivity contribution is -0.129. The second kappa shape index (κ2) is 24.6. The van der Waals surface area contributed by atoms with Gasteiger partial charge in [-0.1, -0.05) is 64.6 Å². The second-order valence-corrected chi connectivity index (χ2v) is 24.1. The van der Waals surface area contributed by atoms with E-state index in [0.29, 0.717) is 71.4 Å². The van der Waals surface area contributed by atoms with E-state index in [1.165, 1.54) is 51.6 Å². The van der Waals surface area contributed by atoms with Crippen molar-refractivity contribution < 1.29 is 27.6 Å². The van der Waals surface area contributed by atoms with Crippen LogP contribution >= 0.6 is 11.6 Å². The summed E-state index contributed by atoms with van der Waals surface area (Å²) in [4.78, 5) is 101. The summed E-state index contributed by atoms with van der Waals surface area (Å²) < 4.78 is 49.6. The van der Waals surface area contributed by atoms with Gasteiger partial charge in [-0.2, -0.15) is 9.97 Å². The number of anilines is 2. The van der Waals surface area contributed by atoms with Crippen molar-refractivity contribution >= 4 is 63.0 Å². The van der Waals surface area contributed by atoms with Crippen LogP contribution in [0.1, 0.15) is 124 Å². The summed E-state index contributed by atoms with van der Waals surface area (Å²) in [5, 5.41) is 0.771. The Morgan fingerprint density at radius 1 is 0.625 bits per heavy atom. The third-order valence-corrected chi connectivity index (χ3v) is 17.0. The maximum atomic E-state index is 16.2. The van der Waals surface area contributed by atoms with Crippen LogP contribution < -0.4 is 26.9 Å². The molecule has 2 aliphatic heterocycles. The number of primary amides is 1. The SMILES string of the molecule is C=CC(=O)N1CC(C)N(c2nc(=O)n(-c3c(C)ccnc3C(C)C)c3nc(-c4c(F)cccc4C(N)=O)c(Cl)cc23)CC1C.C=CC(=O)N1CC(C)N(c2nc(=O)n(-c3c(C)ccnc3C(C)C)c3nc(-c4cc(C5CC5)ccc4F)c(F)cc23)CC1C. The van der Waals surface area contributed by atoms with E-state index in [0.717, 1.165) is 29.5 Å². The minimum Gasteiger partial charge on any atom is -0.366 e. The van der Waals surface area contributed by atoms with Crippen molar-refractivity contribution in [3.8, 4) is 33.9 Å². The number of carbonyl (C=O) groups is 3. The molecule has 0 spiro atoms. The predicted molar refractivity (Wildman–Crippen MR) is 336 cm³/mol. The number of benzene rings is 2. The van der Waals surface area contributed by atoms with Gasteiger partial charge < -0.3 is 25.3 Å². The van der Waals surface area contributed by atoms with Crippen LogP contribution in [0.5, 0.6) is 0 Å². The molecule has 3 aliphatic rings. The van der Waals surface area contributed by atoms with Crippen LogP contribution in [0.4, 0.5) is 24.8 Å². The number of hydrogen-bond acceptors (Lipinski definition) is 13. The number of hydrogen-bond donors (Lipinski definition) is 1. The van der Waals surface area contributed by atoms with Gasteiger partial charge in [-0.25, -0.2) is 41.9 Å². The summed E-state index contributed by atoms with van der Waals surface area (Å²) in [6.07, 6.45) is 7.94. The lowest BCUT2D eigenvalue weighted by Gasteiger charge is -2.44. The molecule has 456 valence electrons. The van der Waals surface area contributed by atoms with E-state index >= 15 is 13.2 Å². The maximum absolute atomic E-state index is 16.2. The average molecular weight is 1220 g/mol. The molecule has 4 atom stereocenters. The quantitative estimate of drug-likeness (QED) is 0.113. The van der Waals surface area contributed by atoms with Crippen molar-refractivity contribution in [3.05, 3.63) is 175 Å². The van der Waals surface area contributed by atoms with Gasteiger partial charge in [-0.15, -0.1) is 0 Å². The molecule has 0 radical (unpaired) electrons. The van der Waals surface area contributed by atoms with Gasteiger partial charge in [-0.3, -0.25) is 24.4 Å². The molecule has 2 N–H and O–H groups in total. The van der Waals surface area contributed by atoms with E-state index in [-0.39, 0.29) is 98.0 Å². The second-order valence-electron chi connectivity index (χ2n) is 23.6. The first-order valence-corrected chi connectivity index (χ1v) is 29.7. The van der Waals surface area contributed by atoms with Crippen molar-refractivity contribution in [1.29, 1.82) is 0 Å². The molecule has 1 saturated carbocycles. The molecule has 4 unspecified atom stereocenters. The smallest absolute Gasteiger partial charge is 0.355 e. The summed E-state index contributed by atoms with van der Waals surface area (Å²) in [7, 11) is 0. The zero-order valence-corrected chi connectivity index (χ0v) is 51.5. The lowest BCUT2D eigenvalue weighted by Crippen LogP contribution is -2.58. The van der Waals surface area contributed by atoms with Gasteiger partial charge in [0.1, 0.15) is 34.8 Å². The number of carbonyl (C=O) groups excluding carboxylic acids is 3. The highest BCUT2D eigenvalue weighted by Crippen LogP contribution is 2.43. The number of amides is 3. The largest absolute Gasteiger partial charge is 0.366 e. The van der Waals surface area contributed by atoms with E-state index in [1.54, 1.807) is 52.5 Å². The maximum Gasteiger partial charge on any atom is 0.355 e. The number of nitrogens with zero attached hydrogens (tertiary/aromatic N) is 12. The van der Waals surface area contributed by atoms with Crippen molar-refractivity contribution in [2.75, 3.05) is 36.0 Å². The molecule has 88 heavy (non-hydrogen) atoms. The van der Waals surface area contributed by atoms with Crippen LogP contribution in [0.2, 0.25) is 5.02 Å². The van der Waals surface area contributed by atoms with E-state index in [1.807, 2.05) is 79.0 Å². The number of rotatable bonds is 12. The number of halogens is 4. The van der Waals surface area contributed by atoms with Gasteiger partial charge in [-0.05, 0) is 150 Å². The fourth-order valence-electron chi connectivity index (χ4n) is 12.0. The third kappa shape index (κ3) is 11.4. The molecule has 18 nitrogen and oxygen atoms in total. The Morgan fingerprint density at radius 3 is 1.58 bits per heavy atom. The summed E-state index contributed by atoms with van der Waals surface area (Å²) in [6, 6.07) is 14.3. The molecule has 1 aliphatic carbocycles. The summed E-state index contributed by atoms with van der Waals surface area (Å²) >= 11 is 6.81. The van der Waals surface area contributed by atoms with Crippen LogP contribution in [-0.2, 0) is 9.59 Å². The molecule has 8 aromatic rings.